The third-order valence-corrected chi connectivity index (χ3v) is 5.50. The van der Waals surface area contributed by atoms with Gasteiger partial charge in [0.1, 0.15) is 0 Å². The molecule has 0 bridgehead atoms. The van der Waals surface area contributed by atoms with Gasteiger partial charge in [-0.25, -0.2) is 12.7 Å². The highest BCUT2D eigenvalue weighted by molar-refractivity contribution is 7.89. The zero-order valence-corrected chi connectivity index (χ0v) is 14.0. The molecule has 1 aromatic carbocycles. The van der Waals surface area contributed by atoms with E-state index in [-0.39, 0.29) is 23.0 Å². The molecule has 118 valence electrons. The highest BCUT2D eigenvalue weighted by atomic mass is 35.5. The first-order valence-corrected chi connectivity index (χ1v) is 8.16. The topological polar surface area (TPSA) is 92.5 Å². The van der Waals surface area contributed by atoms with Gasteiger partial charge in [-0.1, -0.05) is 18.5 Å². The summed E-state index contributed by atoms with van der Waals surface area (Å²) < 4.78 is 26.3. The zero-order valence-electron chi connectivity index (χ0n) is 12.5. The number of carbonyl (C=O) groups excluding carboxylic acids is 1. The predicted octanol–water partition coefficient (Wildman–Crippen LogP) is 1.23. The minimum Gasteiger partial charge on any atom is -0.397 e. The smallest absolute Gasteiger partial charge is 0.243 e. The van der Waals surface area contributed by atoms with Crippen molar-refractivity contribution in [1.82, 2.24) is 9.62 Å². The van der Waals surface area contributed by atoms with E-state index in [2.05, 4.69) is 5.32 Å². The fourth-order valence-corrected chi connectivity index (χ4v) is 3.64. The lowest BCUT2D eigenvalue weighted by atomic mass is 10.2. The van der Waals surface area contributed by atoms with Gasteiger partial charge >= 0.3 is 0 Å². The van der Waals surface area contributed by atoms with Gasteiger partial charge in [0.05, 0.1) is 15.6 Å². The Morgan fingerprint density at radius 3 is 2.57 bits per heavy atom. The number of halogens is 1. The van der Waals surface area contributed by atoms with Crippen molar-refractivity contribution in [3.63, 3.8) is 0 Å². The van der Waals surface area contributed by atoms with Crippen LogP contribution < -0.4 is 11.1 Å². The molecule has 0 heterocycles. The first kappa shape index (κ1) is 17.7. The molecular weight excluding hydrogens is 314 g/mol. The standard InChI is InChI=1S/C13H20ClN3O3S/c1-8-5-10(14)11(15)6-12(8)21(19,20)17(4)7-9(2)13(18)16-3/h5-6,9H,7,15H2,1-4H3,(H,16,18). The number of hydrogen-bond donors (Lipinski definition) is 2. The van der Waals surface area contributed by atoms with E-state index in [9.17, 15) is 13.2 Å². The summed E-state index contributed by atoms with van der Waals surface area (Å²) in [6.07, 6.45) is 0. The monoisotopic (exact) mass is 333 g/mol. The van der Waals surface area contributed by atoms with E-state index >= 15 is 0 Å². The van der Waals surface area contributed by atoms with Crippen LogP contribution in [0.2, 0.25) is 5.02 Å². The van der Waals surface area contributed by atoms with E-state index in [4.69, 9.17) is 17.3 Å². The molecule has 0 aliphatic rings. The number of sulfonamides is 1. The number of amides is 1. The molecule has 8 heteroatoms. The van der Waals surface area contributed by atoms with Crippen molar-refractivity contribution in [1.29, 1.82) is 0 Å². The quantitative estimate of drug-likeness (QED) is 0.793. The number of hydrogen-bond acceptors (Lipinski definition) is 4. The minimum atomic E-state index is -3.73. The Bertz CT molecular complexity index is 646. The summed E-state index contributed by atoms with van der Waals surface area (Å²) in [5.41, 5.74) is 6.39. The van der Waals surface area contributed by atoms with Gasteiger partial charge in [-0.2, -0.15) is 0 Å². The largest absolute Gasteiger partial charge is 0.397 e. The third kappa shape index (κ3) is 3.87. The first-order chi connectivity index (χ1) is 9.61. The number of nitrogens with two attached hydrogens (primary N) is 1. The maximum atomic E-state index is 12.6. The lowest BCUT2D eigenvalue weighted by Crippen LogP contribution is -2.37. The molecule has 0 aliphatic heterocycles. The predicted molar refractivity (Wildman–Crippen MR) is 83.6 cm³/mol. The van der Waals surface area contributed by atoms with Crippen molar-refractivity contribution in [3.8, 4) is 0 Å². The van der Waals surface area contributed by atoms with E-state index in [0.717, 1.165) is 4.31 Å². The number of nitrogen functional groups attached to an aromatic ring is 1. The molecule has 1 aromatic rings. The second kappa shape index (κ2) is 6.64. The van der Waals surface area contributed by atoms with E-state index < -0.39 is 15.9 Å². The molecule has 1 rings (SSSR count). The molecular formula is C13H20ClN3O3S. The number of anilines is 1. The Morgan fingerprint density at radius 1 is 1.48 bits per heavy atom. The number of benzene rings is 1. The Balaban J connectivity index is 3.11. The second-order valence-electron chi connectivity index (χ2n) is 4.94. The van der Waals surface area contributed by atoms with Gasteiger partial charge in [0.25, 0.3) is 0 Å². The van der Waals surface area contributed by atoms with Crippen LogP contribution in [0.4, 0.5) is 5.69 Å². The van der Waals surface area contributed by atoms with Crippen LogP contribution in [-0.4, -0.2) is 39.3 Å². The second-order valence-corrected chi connectivity index (χ2v) is 7.36. The van der Waals surface area contributed by atoms with Gasteiger partial charge in [0.15, 0.2) is 0 Å². The summed E-state index contributed by atoms with van der Waals surface area (Å²) in [4.78, 5) is 11.6. The molecule has 0 saturated heterocycles. The van der Waals surface area contributed by atoms with E-state index in [1.54, 1.807) is 13.8 Å². The molecule has 0 aliphatic carbocycles. The van der Waals surface area contributed by atoms with Gasteiger partial charge in [-0.3, -0.25) is 4.79 Å². The van der Waals surface area contributed by atoms with Crippen LogP contribution in [0.3, 0.4) is 0 Å². The van der Waals surface area contributed by atoms with E-state index in [0.29, 0.717) is 10.6 Å². The van der Waals surface area contributed by atoms with Crippen molar-refractivity contribution >= 4 is 33.2 Å². The van der Waals surface area contributed by atoms with Gasteiger partial charge in [-0.15, -0.1) is 0 Å². The Labute approximate surface area is 130 Å². The number of rotatable bonds is 5. The Morgan fingerprint density at radius 2 is 2.05 bits per heavy atom. The third-order valence-electron chi connectivity index (χ3n) is 3.21. The molecule has 0 spiro atoms. The molecule has 0 aromatic heterocycles. The van der Waals surface area contributed by atoms with E-state index in [1.165, 1.54) is 26.2 Å². The molecule has 21 heavy (non-hydrogen) atoms. The summed E-state index contributed by atoms with van der Waals surface area (Å²) in [6.45, 7) is 3.38. The molecule has 1 amide bonds. The summed E-state index contributed by atoms with van der Waals surface area (Å²) >= 11 is 5.87. The average Bonchev–Trinajstić information content (AvgIpc) is 2.41. The van der Waals surface area contributed by atoms with Gasteiger partial charge in [0, 0.05) is 26.6 Å². The fraction of sp³-hybridized carbons (Fsp3) is 0.462. The maximum absolute atomic E-state index is 12.6. The van der Waals surface area contributed by atoms with Crippen molar-refractivity contribution in [2.45, 2.75) is 18.7 Å². The van der Waals surface area contributed by atoms with Crippen LogP contribution in [-0.2, 0) is 14.8 Å². The summed E-state index contributed by atoms with van der Waals surface area (Å²) in [6, 6.07) is 2.86. The fourth-order valence-electron chi connectivity index (χ4n) is 1.93. The lowest BCUT2D eigenvalue weighted by molar-refractivity contribution is -0.124. The zero-order chi connectivity index (χ0) is 16.4. The Kier molecular flexibility index (Phi) is 5.61. The molecule has 0 radical (unpaired) electrons. The maximum Gasteiger partial charge on any atom is 0.243 e. The highest BCUT2D eigenvalue weighted by Gasteiger charge is 2.26. The van der Waals surface area contributed by atoms with Crippen LogP contribution in [0.1, 0.15) is 12.5 Å². The van der Waals surface area contributed by atoms with Crippen LogP contribution >= 0.6 is 11.6 Å². The number of aryl methyl sites for hydroxylation is 1. The van der Waals surface area contributed by atoms with Crippen LogP contribution in [0.5, 0.6) is 0 Å². The van der Waals surface area contributed by atoms with Crippen molar-refractivity contribution < 1.29 is 13.2 Å². The number of nitrogens with zero attached hydrogens (tertiary/aromatic N) is 1. The van der Waals surface area contributed by atoms with Gasteiger partial charge < -0.3 is 11.1 Å². The van der Waals surface area contributed by atoms with Crippen molar-refractivity contribution in [2.24, 2.45) is 5.92 Å². The molecule has 3 N–H and O–H groups in total. The van der Waals surface area contributed by atoms with Gasteiger partial charge in [-0.05, 0) is 24.6 Å². The molecule has 0 fully saturated rings. The molecule has 0 saturated carbocycles. The molecule has 6 nitrogen and oxygen atoms in total. The SMILES string of the molecule is CNC(=O)C(C)CN(C)S(=O)(=O)c1cc(N)c(Cl)cc1C. The van der Waals surface area contributed by atoms with Crippen LogP contribution in [0.25, 0.3) is 0 Å². The summed E-state index contributed by atoms with van der Waals surface area (Å²) in [7, 11) is -0.790. The van der Waals surface area contributed by atoms with Crippen molar-refractivity contribution in [3.05, 3.63) is 22.7 Å². The van der Waals surface area contributed by atoms with E-state index in [1.807, 2.05) is 0 Å². The average molecular weight is 334 g/mol. The Hall–Kier alpha value is -1.31. The van der Waals surface area contributed by atoms with Crippen LogP contribution in [0, 0.1) is 12.8 Å². The molecule has 1 atom stereocenters. The molecule has 1 unspecified atom stereocenters. The normalized spacial score (nSPS) is 13.2. The van der Waals surface area contributed by atoms with Gasteiger partial charge in [0.2, 0.25) is 15.9 Å². The van der Waals surface area contributed by atoms with Crippen LogP contribution in [0.15, 0.2) is 17.0 Å². The number of nitrogens with one attached hydrogen (secondary N) is 1. The minimum absolute atomic E-state index is 0.0734. The van der Waals surface area contributed by atoms with Crippen molar-refractivity contribution in [2.75, 3.05) is 26.4 Å². The first-order valence-electron chi connectivity index (χ1n) is 6.34. The lowest BCUT2D eigenvalue weighted by Gasteiger charge is -2.21. The number of carbonyl (C=O) groups is 1. The summed E-state index contributed by atoms with van der Waals surface area (Å²) in [5.74, 6) is -0.677. The summed E-state index contributed by atoms with van der Waals surface area (Å²) in [5, 5.41) is 2.80. The highest BCUT2D eigenvalue weighted by Crippen LogP contribution is 2.28.